The number of rotatable bonds is 4. The molecule has 3 aromatic heterocycles. The lowest BCUT2D eigenvalue weighted by atomic mass is 10.00. The van der Waals surface area contributed by atoms with E-state index in [-0.39, 0.29) is 5.92 Å². The number of halogens is 5. The van der Waals surface area contributed by atoms with Crippen LogP contribution in [-0.4, -0.2) is 55.4 Å². The van der Waals surface area contributed by atoms with E-state index in [0.29, 0.717) is 5.89 Å². The third-order valence-electron chi connectivity index (χ3n) is 4.07. The van der Waals surface area contributed by atoms with Crippen LogP contribution in [0.1, 0.15) is 29.8 Å². The molecular weight excluding hydrogens is 405 g/mol. The van der Waals surface area contributed by atoms with E-state index in [1.54, 1.807) is 6.20 Å². The molecule has 0 amide bonds. The highest BCUT2D eigenvalue weighted by molar-refractivity contribution is 5.79. The number of carbonyl (C=O) groups is 1. The molecule has 1 saturated heterocycles. The molecule has 13 heteroatoms. The van der Waals surface area contributed by atoms with Gasteiger partial charge in [-0.1, -0.05) is 5.16 Å². The van der Waals surface area contributed by atoms with Gasteiger partial charge >= 0.3 is 18.6 Å². The van der Waals surface area contributed by atoms with Crippen molar-refractivity contribution in [1.82, 2.24) is 25.0 Å². The number of H-pyrrole nitrogens is 1. The molecule has 0 radical (unpaired) electrons. The van der Waals surface area contributed by atoms with Crippen molar-refractivity contribution < 1.29 is 36.4 Å². The highest BCUT2D eigenvalue weighted by Crippen LogP contribution is 2.29. The Morgan fingerprint density at radius 2 is 2.07 bits per heavy atom. The summed E-state index contributed by atoms with van der Waals surface area (Å²) in [7, 11) is 0. The fourth-order valence-electron chi connectivity index (χ4n) is 2.72. The minimum absolute atomic E-state index is 0.0334. The molecule has 0 atom stereocenters. The normalized spacial score (nSPS) is 15.2. The van der Waals surface area contributed by atoms with Crippen molar-refractivity contribution >= 4 is 16.9 Å². The molecule has 1 aliphatic heterocycles. The summed E-state index contributed by atoms with van der Waals surface area (Å²) < 4.78 is 61.5. The number of carboxylic acids is 1. The Labute approximate surface area is 159 Å². The lowest BCUT2D eigenvalue weighted by Crippen LogP contribution is -2.44. The first-order valence-electron chi connectivity index (χ1n) is 8.19. The number of aromatic nitrogens is 4. The largest absolute Gasteiger partial charge is 0.490 e. The summed E-state index contributed by atoms with van der Waals surface area (Å²) in [5.74, 6) is -2.96. The Morgan fingerprint density at radius 3 is 2.62 bits per heavy atom. The molecule has 0 aliphatic carbocycles. The van der Waals surface area contributed by atoms with E-state index in [1.165, 1.54) is 0 Å². The second-order valence-corrected chi connectivity index (χ2v) is 6.24. The van der Waals surface area contributed by atoms with Crippen LogP contribution in [0.25, 0.3) is 10.9 Å². The van der Waals surface area contributed by atoms with Gasteiger partial charge in [0, 0.05) is 48.6 Å². The van der Waals surface area contributed by atoms with Gasteiger partial charge in [0.15, 0.2) is 0 Å². The number of hydrogen-bond donors (Lipinski definition) is 2. The Bertz CT molecular complexity index is 948. The first kappa shape index (κ1) is 20.6. The standard InChI is InChI=1S/C14H13F2N5O.C2HF3O2/c15-12(16)13-19-14(22-20-13)9-5-21(6-9)7-10-3-8-4-17-2-1-11(8)18-10;3-2(4,5)1(6)7/h1-4,9,12,18H,5-7H2;(H,6,7). The van der Waals surface area contributed by atoms with Crippen molar-refractivity contribution in [2.24, 2.45) is 0 Å². The number of aromatic amines is 1. The predicted octanol–water partition coefficient (Wildman–Crippen LogP) is 3.12. The van der Waals surface area contributed by atoms with Crippen LogP contribution in [0.4, 0.5) is 22.0 Å². The average Bonchev–Trinajstić information content (AvgIpc) is 3.24. The molecule has 2 N–H and O–H groups in total. The van der Waals surface area contributed by atoms with Crippen LogP contribution in [0.2, 0.25) is 0 Å². The third kappa shape index (κ3) is 5.04. The molecule has 0 spiro atoms. The van der Waals surface area contributed by atoms with Crippen molar-refractivity contribution in [3.8, 4) is 0 Å². The topological polar surface area (TPSA) is 108 Å². The highest BCUT2D eigenvalue weighted by atomic mass is 19.4. The molecule has 3 aromatic rings. The van der Waals surface area contributed by atoms with Gasteiger partial charge in [0.1, 0.15) is 0 Å². The van der Waals surface area contributed by atoms with Crippen LogP contribution < -0.4 is 0 Å². The number of alkyl halides is 5. The molecule has 0 aromatic carbocycles. The number of hydrogen-bond acceptors (Lipinski definition) is 6. The second-order valence-electron chi connectivity index (χ2n) is 6.24. The first-order chi connectivity index (χ1) is 13.6. The zero-order valence-corrected chi connectivity index (χ0v) is 14.5. The number of aliphatic carboxylic acids is 1. The summed E-state index contributed by atoms with van der Waals surface area (Å²) in [4.78, 5) is 22.2. The Kier molecular flexibility index (Phi) is 5.77. The third-order valence-corrected chi connectivity index (χ3v) is 4.07. The number of carboxylic acid groups (broad SMARTS) is 1. The molecule has 0 saturated carbocycles. The fourth-order valence-corrected chi connectivity index (χ4v) is 2.72. The van der Waals surface area contributed by atoms with Gasteiger partial charge in [0.05, 0.1) is 5.92 Å². The fraction of sp³-hybridized carbons (Fsp3) is 0.375. The van der Waals surface area contributed by atoms with Gasteiger partial charge in [-0.15, -0.1) is 0 Å². The molecule has 8 nitrogen and oxygen atoms in total. The maximum Gasteiger partial charge on any atom is 0.490 e. The Morgan fingerprint density at radius 1 is 1.38 bits per heavy atom. The SMILES string of the molecule is FC(F)c1noc(C2CN(Cc3cc4cnccc4[nH]3)C2)n1.O=C(O)C(F)(F)F. The second kappa shape index (κ2) is 8.11. The van der Waals surface area contributed by atoms with Crippen molar-refractivity contribution in [3.63, 3.8) is 0 Å². The number of nitrogens with one attached hydrogen (secondary N) is 1. The van der Waals surface area contributed by atoms with E-state index in [9.17, 15) is 22.0 Å². The van der Waals surface area contributed by atoms with E-state index in [4.69, 9.17) is 14.4 Å². The van der Waals surface area contributed by atoms with Crippen LogP contribution in [0.5, 0.6) is 0 Å². The van der Waals surface area contributed by atoms with Crippen molar-refractivity contribution in [1.29, 1.82) is 0 Å². The highest BCUT2D eigenvalue weighted by Gasteiger charge is 2.38. The number of likely N-dealkylation sites (tertiary alicyclic amines) is 1. The lowest BCUT2D eigenvalue weighted by molar-refractivity contribution is -0.192. The van der Waals surface area contributed by atoms with Gasteiger partial charge in [0.2, 0.25) is 11.7 Å². The molecule has 156 valence electrons. The number of pyridine rings is 1. The van der Waals surface area contributed by atoms with Crippen LogP contribution in [0.3, 0.4) is 0 Å². The summed E-state index contributed by atoms with van der Waals surface area (Å²) in [5.41, 5.74) is 2.15. The van der Waals surface area contributed by atoms with Crippen LogP contribution in [0, 0.1) is 0 Å². The summed E-state index contributed by atoms with van der Waals surface area (Å²) in [6.45, 7) is 2.21. The quantitative estimate of drug-likeness (QED) is 0.626. The van der Waals surface area contributed by atoms with Crippen molar-refractivity contribution in [2.75, 3.05) is 13.1 Å². The van der Waals surface area contributed by atoms with E-state index in [2.05, 4.69) is 31.1 Å². The smallest absolute Gasteiger partial charge is 0.475 e. The van der Waals surface area contributed by atoms with E-state index >= 15 is 0 Å². The molecule has 29 heavy (non-hydrogen) atoms. The van der Waals surface area contributed by atoms with Gasteiger partial charge in [-0.25, -0.2) is 13.6 Å². The first-order valence-corrected chi connectivity index (χ1v) is 8.19. The molecular formula is C16H14F5N5O3. The minimum Gasteiger partial charge on any atom is -0.475 e. The monoisotopic (exact) mass is 419 g/mol. The summed E-state index contributed by atoms with van der Waals surface area (Å²) in [5, 5.41) is 11.5. The van der Waals surface area contributed by atoms with Crippen molar-refractivity contribution in [2.45, 2.75) is 25.1 Å². The maximum absolute atomic E-state index is 12.4. The molecule has 0 unspecified atom stereocenters. The maximum atomic E-state index is 12.4. The lowest BCUT2D eigenvalue weighted by Gasteiger charge is -2.36. The molecule has 1 fully saturated rings. The summed E-state index contributed by atoms with van der Waals surface area (Å²) in [6, 6.07) is 4.00. The summed E-state index contributed by atoms with van der Waals surface area (Å²) >= 11 is 0. The molecule has 4 rings (SSSR count). The number of fused-ring (bicyclic) bond motifs is 1. The zero-order chi connectivity index (χ0) is 21.2. The molecule has 4 heterocycles. The van der Waals surface area contributed by atoms with Crippen molar-refractivity contribution in [3.05, 3.63) is 41.9 Å². The van der Waals surface area contributed by atoms with Gasteiger partial charge < -0.3 is 14.6 Å². The molecule has 0 bridgehead atoms. The summed E-state index contributed by atoms with van der Waals surface area (Å²) in [6.07, 6.45) is -4.20. The zero-order valence-electron chi connectivity index (χ0n) is 14.5. The Hall–Kier alpha value is -3.09. The van der Waals surface area contributed by atoms with Gasteiger partial charge in [-0.2, -0.15) is 18.2 Å². The predicted molar refractivity (Wildman–Crippen MR) is 87.1 cm³/mol. The van der Waals surface area contributed by atoms with E-state index < -0.39 is 24.4 Å². The van der Waals surface area contributed by atoms with Gasteiger partial charge in [0.25, 0.3) is 0 Å². The molecule has 1 aliphatic rings. The number of nitrogens with zero attached hydrogens (tertiary/aromatic N) is 4. The van der Waals surface area contributed by atoms with Crippen LogP contribution in [0.15, 0.2) is 29.0 Å². The minimum atomic E-state index is -5.08. The van der Waals surface area contributed by atoms with Gasteiger partial charge in [-0.05, 0) is 12.1 Å². The van der Waals surface area contributed by atoms with Gasteiger partial charge in [-0.3, -0.25) is 9.88 Å². The van der Waals surface area contributed by atoms with Crippen LogP contribution in [-0.2, 0) is 11.3 Å². The van der Waals surface area contributed by atoms with E-state index in [0.717, 1.165) is 36.2 Å². The van der Waals surface area contributed by atoms with Crippen LogP contribution >= 0.6 is 0 Å². The van der Waals surface area contributed by atoms with E-state index in [1.807, 2.05) is 12.3 Å². The Balaban J connectivity index is 0.000000298. The average molecular weight is 419 g/mol.